The molecule has 0 unspecified atom stereocenters. The zero-order valence-corrected chi connectivity index (χ0v) is 9.02. The van der Waals surface area contributed by atoms with Gasteiger partial charge in [0.1, 0.15) is 5.82 Å². The fourth-order valence-electron chi connectivity index (χ4n) is 1.39. The van der Waals surface area contributed by atoms with E-state index in [0.29, 0.717) is 16.7 Å². The van der Waals surface area contributed by atoms with Crippen LogP contribution in [0.1, 0.15) is 0 Å². The second-order valence-corrected chi connectivity index (χ2v) is 3.39. The first-order valence-corrected chi connectivity index (χ1v) is 4.79. The lowest BCUT2D eigenvalue weighted by atomic mass is 10.2. The molecule has 16 heavy (non-hydrogen) atoms. The summed E-state index contributed by atoms with van der Waals surface area (Å²) in [4.78, 5) is 18.0. The van der Waals surface area contributed by atoms with Crippen LogP contribution in [0.25, 0.3) is 10.9 Å². The molecule has 2 aromatic rings. The quantitative estimate of drug-likeness (QED) is 0.493. The molecule has 2 rings (SSSR count). The molecule has 6 nitrogen and oxygen atoms in total. The van der Waals surface area contributed by atoms with Crippen LogP contribution in [-0.4, -0.2) is 21.9 Å². The van der Waals surface area contributed by atoms with Gasteiger partial charge >= 0.3 is 0 Å². The summed E-state index contributed by atoms with van der Waals surface area (Å²) in [5.41, 5.74) is 0.419. The largest absolute Gasteiger partial charge is 0.372 e. The lowest BCUT2D eigenvalue weighted by molar-refractivity contribution is -0.384. The van der Waals surface area contributed by atoms with Crippen LogP contribution in [-0.2, 0) is 0 Å². The second-order valence-electron chi connectivity index (χ2n) is 3.05. The number of anilines is 1. The molecule has 0 amide bonds. The van der Waals surface area contributed by atoms with Gasteiger partial charge in [-0.25, -0.2) is 9.97 Å². The number of aromatic nitrogens is 2. The van der Waals surface area contributed by atoms with Crippen molar-refractivity contribution < 1.29 is 4.92 Å². The van der Waals surface area contributed by atoms with Crippen LogP contribution in [0.4, 0.5) is 11.5 Å². The summed E-state index contributed by atoms with van der Waals surface area (Å²) in [7, 11) is 1.69. The Labute approximate surface area is 95.4 Å². The van der Waals surface area contributed by atoms with Crippen LogP contribution in [0.5, 0.6) is 0 Å². The van der Waals surface area contributed by atoms with E-state index in [4.69, 9.17) is 11.6 Å². The molecule has 0 aliphatic heterocycles. The van der Waals surface area contributed by atoms with Crippen molar-refractivity contribution in [1.82, 2.24) is 9.97 Å². The summed E-state index contributed by atoms with van der Waals surface area (Å²) in [6.45, 7) is 0. The van der Waals surface area contributed by atoms with Crippen LogP contribution in [0.15, 0.2) is 18.2 Å². The molecule has 1 aromatic carbocycles. The predicted molar refractivity (Wildman–Crippen MR) is 60.7 cm³/mol. The Morgan fingerprint density at radius 2 is 2.19 bits per heavy atom. The normalized spacial score (nSPS) is 10.4. The van der Waals surface area contributed by atoms with Crippen molar-refractivity contribution in [3.05, 3.63) is 33.6 Å². The number of benzene rings is 1. The fourth-order valence-corrected chi connectivity index (χ4v) is 1.57. The summed E-state index contributed by atoms with van der Waals surface area (Å²) >= 11 is 5.70. The summed E-state index contributed by atoms with van der Waals surface area (Å²) < 4.78 is 0. The smallest absolute Gasteiger partial charge is 0.271 e. The van der Waals surface area contributed by atoms with Crippen LogP contribution < -0.4 is 5.32 Å². The van der Waals surface area contributed by atoms with Crippen molar-refractivity contribution in [3.8, 4) is 0 Å². The van der Waals surface area contributed by atoms with Crippen molar-refractivity contribution in [3.63, 3.8) is 0 Å². The van der Waals surface area contributed by atoms with Gasteiger partial charge in [0.05, 0.1) is 10.4 Å². The maximum absolute atomic E-state index is 10.6. The van der Waals surface area contributed by atoms with Gasteiger partial charge < -0.3 is 5.32 Å². The molecule has 82 valence electrons. The minimum absolute atomic E-state index is 0.0238. The number of hydrogen-bond donors (Lipinski definition) is 1. The van der Waals surface area contributed by atoms with E-state index in [1.54, 1.807) is 13.1 Å². The zero-order chi connectivity index (χ0) is 11.7. The van der Waals surface area contributed by atoms with E-state index in [1.165, 1.54) is 12.1 Å². The number of hydrogen-bond acceptors (Lipinski definition) is 5. The second kappa shape index (κ2) is 3.90. The molecule has 1 aromatic heterocycles. The third kappa shape index (κ3) is 1.74. The highest BCUT2D eigenvalue weighted by molar-refractivity contribution is 6.28. The van der Waals surface area contributed by atoms with Gasteiger partial charge in [0.15, 0.2) is 0 Å². The number of non-ortho nitro benzene ring substituents is 1. The van der Waals surface area contributed by atoms with Gasteiger partial charge in [-0.05, 0) is 17.7 Å². The Balaban J connectivity index is 2.74. The molecular weight excluding hydrogens is 232 g/mol. The molecule has 0 radical (unpaired) electrons. The van der Waals surface area contributed by atoms with Crippen LogP contribution in [0.3, 0.4) is 0 Å². The molecule has 1 N–H and O–H groups in total. The molecule has 0 saturated heterocycles. The van der Waals surface area contributed by atoms with E-state index in [1.807, 2.05) is 0 Å². The van der Waals surface area contributed by atoms with Crippen molar-refractivity contribution in [2.45, 2.75) is 0 Å². The molecule has 0 aliphatic carbocycles. The Bertz CT molecular complexity index is 573. The molecule has 0 saturated carbocycles. The third-order valence-electron chi connectivity index (χ3n) is 2.10. The summed E-state index contributed by atoms with van der Waals surface area (Å²) in [6, 6.07) is 4.36. The highest BCUT2D eigenvalue weighted by Gasteiger charge is 2.10. The van der Waals surface area contributed by atoms with Gasteiger partial charge in [-0.3, -0.25) is 10.1 Å². The lowest BCUT2D eigenvalue weighted by Crippen LogP contribution is -1.97. The Kier molecular flexibility index (Phi) is 2.57. The van der Waals surface area contributed by atoms with Gasteiger partial charge in [-0.15, -0.1) is 0 Å². The van der Waals surface area contributed by atoms with Crippen molar-refractivity contribution >= 4 is 34.0 Å². The van der Waals surface area contributed by atoms with Gasteiger partial charge in [0, 0.05) is 24.6 Å². The molecule has 1 heterocycles. The number of nitrogens with zero attached hydrogens (tertiary/aromatic N) is 3. The van der Waals surface area contributed by atoms with E-state index >= 15 is 0 Å². The molecule has 0 atom stereocenters. The Morgan fingerprint density at radius 3 is 2.81 bits per heavy atom. The number of nitrogens with one attached hydrogen (secondary N) is 1. The van der Waals surface area contributed by atoms with Gasteiger partial charge in [0.25, 0.3) is 5.69 Å². The minimum atomic E-state index is -0.478. The van der Waals surface area contributed by atoms with E-state index in [0.717, 1.165) is 0 Å². The first-order valence-electron chi connectivity index (χ1n) is 4.41. The van der Waals surface area contributed by atoms with Crippen LogP contribution in [0.2, 0.25) is 5.28 Å². The number of halogens is 1. The van der Waals surface area contributed by atoms with Crippen LogP contribution >= 0.6 is 11.6 Å². The maximum Gasteiger partial charge on any atom is 0.271 e. The Morgan fingerprint density at radius 1 is 1.44 bits per heavy atom. The van der Waals surface area contributed by atoms with Gasteiger partial charge in [-0.1, -0.05) is 0 Å². The standard InChI is InChI=1S/C9H7ClN4O2/c1-11-8-6-3-2-5(14(15)16)4-7(6)12-9(10)13-8/h2-4H,1H3,(H,11,12,13). The number of fused-ring (bicyclic) bond motifs is 1. The predicted octanol–water partition coefficient (Wildman–Crippen LogP) is 2.23. The van der Waals surface area contributed by atoms with E-state index in [-0.39, 0.29) is 11.0 Å². The van der Waals surface area contributed by atoms with E-state index in [2.05, 4.69) is 15.3 Å². The van der Waals surface area contributed by atoms with Gasteiger partial charge in [-0.2, -0.15) is 0 Å². The van der Waals surface area contributed by atoms with Crippen LogP contribution in [0, 0.1) is 10.1 Å². The van der Waals surface area contributed by atoms with Crippen molar-refractivity contribution in [2.24, 2.45) is 0 Å². The third-order valence-corrected chi connectivity index (χ3v) is 2.27. The van der Waals surface area contributed by atoms with E-state index in [9.17, 15) is 10.1 Å². The van der Waals surface area contributed by atoms with Crippen molar-refractivity contribution in [2.75, 3.05) is 12.4 Å². The van der Waals surface area contributed by atoms with E-state index < -0.39 is 4.92 Å². The molecule has 0 spiro atoms. The monoisotopic (exact) mass is 238 g/mol. The minimum Gasteiger partial charge on any atom is -0.372 e. The SMILES string of the molecule is CNc1nc(Cl)nc2cc([N+](=O)[O-])ccc12. The highest BCUT2D eigenvalue weighted by Crippen LogP contribution is 2.25. The molecule has 0 fully saturated rings. The number of nitro benzene ring substituents is 1. The molecule has 0 bridgehead atoms. The maximum atomic E-state index is 10.6. The average molecular weight is 239 g/mol. The summed E-state index contributed by atoms with van der Waals surface area (Å²) in [5, 5.41) is 14.2. The lowest BCUT2D eigenvalue weighted by Gasteiger charge is -2.04. The molecule has 0 aliphatic rings. The van der Waals surface area contributed by atoms with Crippen molar-refractivity contribution in [1.29, 1.82) is 0 Å². The molecule has 7 heteroatoms. The average Bonchev–Trinajstić information content (AvgIpc) is 2.26. The molecular formula is C9H7ClN4O2. The number of rotatable bonds is 2. The first kappa shape index (κ1) is 10.6. The topological polar surface area (TPSA) is 81.0 Å². The summed E-state index contributed by atoms with van der Waals surface area (Å²) in [6.07, 6.45) is 0. The fraction of sp³-hybridized carbons (Fsp3) is 0.111. The zero-order valence-electron chi connectivity index (χ0n) is 8.27. The highest BCUT2D eigenvalue weighted by atomic mass is 35.5. The number of nitro groups is 1. The van der Waals surface area contributed by atoms with Gasteiger partial charge in [0.2, 0.25) is 5.28 Å². The summed E-state index contributed by atoms with van der Waals surface area (Å²) in [5.74, 6) is 0.546. The Hall–Kier alpha value is -1.95. The first-order chi connectivity index (χ1) is 7.61.